The van der Waals surface area contributed by atoms with Gasteiger partial charge in [-0.2, -0.15) is 0 Å². The molecule has 1 atom stereocenters. The summed E-state index contributed by atoms with van der Waals surface area (Å²) in [6, 6.07) is 0.758. The molecule has 0 rings (SSSR count). The van der Waals surface area contributed by atoms with Crippen molar-refractivity contribution in [1.82, 2.24) is 0 Å². The van der Waals surface area contributed by atoms with E-state index < -0.39 is 8.80 Å². The van der Waals surface area contributed by atoms with Gasteiger partial charge in [0.25, 0.3) is 0 Å². The molecule has 7 heteroatoms. The molecule has 0 aromatic carbocycles. The summed E-state index contributed by atoms with van der Waals surface area (Å²) in [5, 5.41) is 0. The summed E-state index contributed by atoms with van der Waals surface area (Å²) in [7, 11) is -2.59. The van der Waals surface area contributed by atoms with Crippen molar-refractivity contribution in [1.29, 1.82) is 0 Å². The lowest BCUT2D eigenvalue weighted by atomic mass is 10.2. The quantitative estimate of drug-likeness (QED) is 0.185. The molecule has 0 fully saturated rings. The average molecular weight is 413 g/mol. The fourth-order valence-corrected chi connectivity index (χ4v) is 6.33. The van der Waals surface area contributed by atoms with E-state index in [9.17, 15) is 4.79 Å². The molecular weight excluding hydrogens is 380 g/mol. The third-order valence-electron chi connectivity index (χ3n) is 3.19. The van der Waals surface area contributed by atoms with E-state index in [2.05, 4.69) is 15.9 Å². The summed E-state index contributed by atoms with van der Waals surface area (Å²) >= 11 is 3.71. The highest BCUT2D eigenvalue weighted by Crippen LogP contribution is 2.25. The van der Waals surface area contributed by atoms with Gasteiger partial charge in [0.05, 0.1) is 12.5 Å². The van der Waals surface area contributed by atoms with Crippen LogP contribution in [0.15, 0.2) is 0 Å². The van der Waals surface area contributed by atoms with Crippen molar-refractivity contribution in [3.05, 3.63) is 0 Å². The van der Waals surface area contributed by atoms with Crippen LogP contribution in [0.3, 0.4) is 0 Å². The molecule has 0 heterocycles. The molecule has 0 spiro atoms. The van der Waals surface area contributed by atoms with E-state index in [1.807, 2.05) is 34.6 Å². The Morgan fingerprint density at radius 2 is 1.52 bits per heavy atom. The maximum atomic E-state index is 11.4. The number of hydrogen-bond acceptors (Lipinski definition) is 5. The minimum Gasteiger partial charge on any atom is -0.465 e. The fraction of sp³-hybridized carbons (Fsp3) is 0.938. The second kappa shape index (κ2) is 13.4. The highest BCUT2D eigenvalue weighted by molar-refractivity contribution is 9.09. The second-order valence-electron chi connectivity index (χ2n) is 5.60. The molecule has 0 aromatic rings. The number of esters is 1. The van der Waals surface area contributed by atoms with Gasteiger partial charge in [0.1, 0.15) is 0 Å². The first-order valence-corrected chi connectivity index (χ1v) is 11.5. The van der Waals surface area contributed by atoms with Crippen LogP contribution in [0, 0.1) is 5.92 Å². The summed E-state index contributed by atoms with van der Waals surface area (Å²) in [6.45, 7) is 11.9. The van der Waals surface area contributed by atoms with E-state index in [1.165, 1.54) is 0 Å². The van der Waals surface area contributed by atoms with E-state index in [4.69, 9.17) is 18.0 Å². The van der Waals surface area contributed by atoms with E-state index in [0.29, 0.717) is 26.4 Å². The SMILES string of the molecule is CCO[Si](CC(Br)CCCCOC(=O)C(C)C)(OCC)OCC. The molecule has 0 saturated heterocycles. The average Bonchev–Trinajstić information content (AvgIpc) is 2.47. The standard InChI is InChI=1S/C16H33BrO5Si/c1-6-20-23(21-7-2,22-8-3)13-15(17)11-9-10-12-19-16(18)14(4)5/h14-15H,6-13H2,1-5H3. The number of alkyl halides is 1. The summed E-state index contributed by atoms with van der Waals surface area (Å²) in [5.74, 6) is -0.190. The van der Waals surface area contributed by atoms with Gasteiger partial charge >= 0.3 is 14.8 Å². The van der Waals surface area contributed by atoms with Crippen molar-refractivity contribution in [2.75, 3.05) is 26.4 Å². The van der Waals surface area contributed by atoms with Gasteiger partial charge in [-0.3, -0.25) is 4.79 Å². The number of ether oxygens (including phenoxy) is 1. The zero-order valence-electron chi connectivity index (χ0n) is 15.2. The molecule has 0 saturated carbocycles. The van der Waals surface area contributed by atoms with Gasteiger partial charge in [-0.05, 0) is 40.0 Å². The van der Waals surface area contributed by atoms with E-state index >= 15 is 0 Å². The van der Waals surface area contributed by atoms with Gasteiger partial charge in [-0.15, -0.1) is 0 Å². The third kappa shape index (κ3) is 10.5. The number of carbonyl (C=O) groups excluding carboxylic acids is 1. The molecule has 0 aromatic heterocycles. The first-order chi connectivity index (χ1) is 10.9. The van der Waals surface area contributed by atoms with Crippen molar-refractivity contribution in [2.24, 2.45) is 5.92 Å². The van der Waals surface area contributed by atoms with Crippen molar-refractivity contribution in [3.8, 4) is 0 Å². The number of halogens is 1. The molecule has 0 radical (unpaired) electrons. The predicted molar refractivity (Wildman–Crippen MR) is 97.8 cm³/mol. The molecule has 0 aliphatic heterocycles. The highest BCUT2D eigenvalue weighted by atomic mass is 79.9. The molecule has 5 nitrogen and oxygen atoms in total. The van der Waals surface area contributed by atoms with Gasteiger partial charge in [-0.1, -0.05) is 29.8 Å². The van der Waals surface area contributed by atoms with Gasteiger partial charge in [0.2, 0.25) is 0 Å². The van der Waals surface area contributed by atoms with Crippen LogP contribution in [0.4, 0.5) is 0 Å². The Kier molecular flexibility index (Phi) is 13.4. The van der Waals surface area contributed by atoms with Crippen LogP contribution >= 0.6 is 15.9 Å². The lowest BCUT2D eigenvalue weighted by molar-refractivity contribution is -0.147. The minimum absolute atomic E-state index is 0.0610. The van der Waals surface area contributed by atoms with E-state index in [1.54, 1.807) is 0 Å². The Hall–Kier alpha value is 0.0469. The Bertz CT molecular complexity index is 298. The maximum absolute atomic E-state index is 11.4. The van der Waals surface area contributed by atoms with Gasteiger partial charge in [-0.25, -0.2) is 0 Å². The normalized spacial score (nSPS) is 13.3. The van der Waals surface area contributed by atoms with E-state index in [0.717, 1.165) is 25.3 Å². The van der Waals surface area contributed by atoms with Crippen molar-refractivity contribution in [3.63, 3.8) is 0 Å². The van der Waals surface area contributed by atoms with Crippen LogP contribution in [-0.4, -0.2) is 46.0 Å². The van der Waals surface area contributed by atoms with Crippen molar-refractivity contribution in [2.45, 2.75) is 64.8 Å². The molecular formula is C16H33BrO5Si. The van der Waals surface area contributed by atoms with E-state index in [-0.39, 0.29) is 16.7 Å². The summed E-state index contributed by atoms with van der Waals surface area (Å²) in [6.07, 6.45) is 2.82. The van der Waals surface area contributed by atoms with Gasteiger partial charge < -0.3 is 18.0 Å². The largest absolute Gasteiger partial charge is 0.502 e. The van der Waals surface area contributed by atoms with Crippen molar-refractivity contribution < 1.29 is 22.8 Å². The number of rotatable bonds is 14. The molecule has 1 unspecified atom stereocenters. The molecule has 138 valence electrons. The molecule has 0 bridgehead atoms. The van der Waals surface area contributed by atoms with Crippen LogP contribution in [-0.2, 0) is 22.8 Å². The molecule has 23 heavy (non-hydrogen) atoms. The first-order valence-electron chi connectivity index (χ1n) is 8.63. The maximum Gasteiger partial charge on any atom is 0.502 e. The summed E-state index contributed by atoms with van der Waals surface area (Å²) in [5.41, 5.74) is 0. The smallest absolute Gasteiger partial charge is 0.465 e. The number of hydrogen-bond donors (Lipinski definition) is 0. The van der Waals surface area contributed by atoms with Gasteiger partial charge in [0, 0.05) is 30.7 Å². The molecule has 0 aliphatic rings. The fourth-order valence-electron chi connectivity index (χ4n) is 2.14. The zero-order chi connectivity index (χ0) is 17.7. The van der Waals surface area contributed by atoms with Crippen LogP contribution < -0.4 is 0 Å². The lowest BCUT2D eigenvalue weighted by Crippen LogP contribution is -2.47. The zero-order valence-corrected chi connectivity index (χ0v) is 17.8. The Balaban J connectivity index is 4.16. The molecule has 0 aliphatic carbocycles. The van der Waals surface area contributed by atoms with Crippen LogP contribution in [0.5, 0.6) is 0 Å². The Morgan fingerprint density at radius 3 is 1.96 bits per heavy atom. The topological polar surface area (TPSA) is 54.0 Å². The number of carbonyl (C=O) groups is 1. The lowest BCUT2D eigenvalue weighted by Gasteiger charge is -2.30. The van der Waals surface area contributed by atoms with Crippen LogP contribution in [0.1, 0.15) is 53.9 Å². The molecule has 0 amide bonds. The van der Waals surface area contributed by atoms with Gasteiger partial charge in [0.15, 0.2) is 0 Å². The first kappa shape index (κ1) is 23.0. The Labute approximate surface area is 150 Å². The Morgan fingerprint density at radius 1 is 1.00 bits per heavy atom. The monoisotopic (exact) mass is 412 g/mol. The summed E-state index contributed by atoms with van der Waals surface area (Å²) < 4.78 is 22.8. The number of unbranched alkanes of at least 4 members (excludes halogenated alkanes) is 1. The second-order valence-corrected chi connectivity index (χ2v) is 9.54. The highest BCUT2D eigenvalue weighted by Gasteiger charge is 2.42. The summed E-state index contributed by atoms with van der Waals surface area (Å²) in [4.78, 5) is 11.6. The third-order valence-corrected chi connectivity index (χ3v) is 7.75. The van der Waals surface area contributed by atoms with Crippen LogP contribution in [0.25, 0.3) is 0 Å². The molecule has 0 N–H and O–H groups in total. The predicted octanol–water partition coefficient (Wildman–Crippen LogP) is 4.17. The minimum atomic E-state index is -2.59. The van der Waals surface area contributed by atoms with Crippen LogP contribution in [0.2, 0.25) is 6.04 Å². The van der Waals surface area contributed by atoms with Crippen molar-refractivity contribution >= 4 is 30.7 Å².